The minimum atomic E-state index is -0.262. The van der Waals surface area contributed by atoms with Crippen LogP contribution < -0.4 is 10.1 Å². The molecule has 1 rings (SSSR count). The van der Waals surface area contributed by atoms with E-state index in [-0.39, 0.29) is 24.2 Å². The predicted octanol–water partition coefficient (Wildman–Crippen LogP) is 1.86. The molecule has 1 N–H and O–H groups in total. The highest BCUT2D eigenvalue weighted by Crippen LogP contribution is 2.11. The van der Waals surface area contributed by atoms with Crippen LogP contribution in [0.2, 0.25) is 0 Å². The number of nitrogens with one attached hydrogen (secondary N) is 1. The summed E-state index contributed by atoms with van der Waals surface area (Å²) in [5.74, 6) is 0.370. The van der Waals surface area contributed by atoms with Gasteiger partial charge in [0.1, 0.15) is 18.1 Å². The second-order valence-corrected chi connectivity index (χ2v) is 4.47. The standard InChI is InChI=1S/C14H19NO3/c1-10-4-6-13(7-5-10)18-9-11(2)15-14(17)8-12(3)16/h4-7,11H,8-9H2,1-3H3,(H,15,17). The van der Waals surface area contributed by atoms with Crippen LogP contribution in [0.1, 0.15) is 25.8 Å². The van der Waals surface area contributed by atoms with Gasteiger partial charge in [-0.25, -0.2) is 0 Å². The van der Waals surface area contributed by atoms with Gasteiger partial charge in [0.25, 0.3) is 0 Å². The summed E-state index contributed by atoms with van der Waals surface area (Å²) in [5, 5.41) is 2.71. The highest BCUT2D eigenvalue weighted by Gasteiger charge is 2.09. The van der Waals surface area contributed by atoms with Gasteiger partial charge in [-0.15, -0.1) is 0 Å². The molecule has 1 amide bonds. The van der Waals surface area contributed by atoms with Crippen LogP contribution in [-0.4, -0.2) is 24.3 Å². The minimum absolute atomic E-state index is 0.0745. The molecule has 0 saturated carbocycles. The van der Waals surface area contributed by atoms with Gasteiger partial charge in [0.2, 0.25) is 5.91 Å². The van der Waals surface area contributed by atoms with Crippen LogP contribution in [0.15, 0.2) is 24.3 Å². The molecule has 1 atom stereocenters. The molecule has 0 spiro atoms. The van der Waals surface area contributed by atoms with E-state index in [0.29, 0.717) is 6.61 Å². The quantitative estimate of drug-likeness (QED) is 0.783. The van der Waals surface area contributed by atoms with Crippen molar-refractivity contribution >= 4 is 11.7 Å². The molecular formula is C14H19NO3. The number of hydrogen-bond acceptors (Lipinski definition) is 3. The number of rotatable bonds is 6. The summed E-state index contributed by atoms with van der Waals surface area (Å²) in [6.45, 7) is 5.63. The van der Waals surface area contributed by atoms with E-state index in [1.54, 1.807) is 0 Å². The topological polar surface area (TPSA) is 55.4 Å². The third-order valence-electron chi connectivity index (χ3n) is 2.34. The van der Waals surface area contributed by atoms with Crippen LogP contribution in [0.3, 0.4) is 0 Å². The molecule has 0 aliphatic rings. The van der Waals surface area contributed by atoms with Crippen molar-refractivity contribution in [2.45, 2.75) is 33.2 Å². The summed E-state index contributed by atoms with van der Waals surface area (Å²) >= 11 is 0. The number of aryl methyl sites for hydroxylation is 1. The number of carbonyl (C=O) groups is 2. The van der Waals surface area contributed by atoms with Crippen molar-refractivity contribution in [3.63, 3.8) is 0 Å². The Morgan fingerprint density at radius 3 is 2.44 bits per heavy atom. The van der Waals surface area contributed by atoms with E-state index >= 15 is 0 Å². The summed E-state index contributed by atoms with van der Waals surface area (Å²) in [7, 11) is 0. The molecule has 1 aromatic carbocycles. The molecule has 4 heteroatoms. The maximum Gasteiger partial charge on any atom is 0.227 e. The smallest absolute Gasteiger partial charge is 0.227 e. The average molecular weight is 249 g/mol. The SMILES string of the molecule is CC(=O)CC(=O)NC(C)COc1ccc(C)cc1. The Balaban J connectivity index is 2.32. The number of ketones is 1. The first kappa shape index (κ1) is 14.2. The third-order valence-corrected chi connectivity index (χ3v) is 2.34. The molecular weight excluding hydrogens is 230 g/mol. The zero-order valence-corrected chi connectivity index (χ0v) is 11.0. The maximum atomic E-state index is 11.3. The number of carbonyl (C=O) groups excluding carboxylic acids is 2. The normalized spacial score (nSPS) is 11.7. The van der Waals surface area contributed by atoms with E-state index < -0.39 is 0 Å². The number of benzene rings is 1. The van der Waals surface area contributed by atoms with Crippen molar-refractivity contribution in [1.82, 2.24) is 5.32 Å². The Hall–Kier alpha value is -1.84. The lowest BCUT2D eigenvalue weighted by Crippen LogP contribution is -2.37. The van der Waals surface area contributed by atoms with Gasteiger partial charge in [-0.1, -0.05) is 17.7 Å². The van der Waals surface area contributed by atoms with Gasteiger partial charge >= 0.3 is 0 Å². The zero-order chi connectivity index (χ0) is 13.5. The number of amides is 1. The fraction of sp³-hybridized carbons (Fsp3) is 0.429. The molecule has 0 bridgehead atoms. The van der Waals surface area contributed by atoms with Gasteiger partial charge in [-0.05, 0) is 32.9 Å². The van der Waals surface area contributed by atoms with E-state index in [2.05, 4.69) is 5.32 Å². The summed E-state index contributed by atoms with van der Waals surface area (Å²) in [4.78, 5) is 22.1. The van der Waals surface area contributed by atoms with E-state index in [9.17, 15) is 9.59 Å². The van der Waals surface area contributed by atoms with Gasteiger partial charge < -0.3 is 10.1 Å². The van der Waals surface area contributed by atoms with Gasteiger partial charge in [0.05, 0.1) is 12.5 Å². The summed E-state index contributed by atoms with van der Waals surface area (Å²) in [5.41, 5.74) is 1.17. The lowest BCUT2D eigenvalue weighted by molar-refractivity contribution is -0.127. The van der Waals surface area contributed by atoms with E-state index in [0.717, 1.165) is 5.75 Å². The first-order valence-corrected chi connectivity index (χ1v) is 5.95. The Morgan fingerprint density at radius 1 is 1.28 bits per heavy atom. The lowest BCUT2D eigenvalue weighted by Gasteiger charge is -2.14. The molecule has 0 aliphatic carbocycles. The lowest BCUT2D eigenvalue weighted by atomic mass is 10.2. The minimum Gasteiger partial charge on any atom is -0.491 e. The molecule has 4 nitrogen and oxygen atoms in total. The molecule has 0 fully saturated rings. The second kappa shape index (κ2) is 6.79. The summed E-state index contributed by atoms with van der Waals surface area (Å²) < 4.78 is 5.53. The molecule has 0 aliphatic heterocycles. The molecule has 0 aromatic heterocycles. The van der Waals surface area contributed by atoms with Crippen molar-refractivity contribution in [2.24, 2.45) is 0 Å². The van der Waals surface area contributed by atoms with Crippen molar-refractivity contribution < 1.29 is 14.3 Å². The van der Waals surface area contributed by atoms with Crippen LogP contribution in [0.5, 0.6) is 5.75 Å². The second-order valence-electron chi connectivity index (χ2n) is 4.47. The number of ether oxygens (including phenoxy) is 1. The Bertz CT molecular complexity index is 412. The van der Waals surface area contributed by atoms with Crippen LogP contribution in [0.4, 0.5) is 0 Å². The molecule has 0 heterocycles. The monoisotopic (exact) mass is 249 g/mol. The van der Waals surface area contributed by atoms with Crippen molar-refractivity contribution in [2.75, 3.05) is 6.61 Å². The Kier molecular flexibility index (Phi) is 5.36. The summed E-state index contributed by atoms with van der Waals surface area (Å²) in [6, 6.07) is 7.58. The first-order valence-electron chi connectivity index (χ1n) is 5.95. The Morgan fingerprint density at radius 2 is 1.89 bits per heavy atom. The van der Waals surface area contributed by atoms with Gasteiger partial charge in [0.15, 0.2) is 0 Å². The van der Waals surface area contributed by atoms with Gasteiger partial charge in [-0.3, -0.25) is 9.59 Å². The third kappa shape index (κ3) is 5.48. The van der Waals surface area contributed by atoms with Crippen LogP contribution in [0, 0.1) is 6.92 Å². The number of Topliss-reactive ketones (excluding diaryl/α,β-unsaturated/α-hetero) is 1. The van der Waals surface area contributed by atoms with Crippen LogP contribution in [-0.2, 0) is 9.59 Å². The van der Waals surface area contributed by atoms with E-state index in [4.69, 9.17) is 4.74 Å². The van der Waals surface area contributed by atoms with Crippen molar-refractivity contribution in [1.29, 1.82) is 0 Å². The molecule has 1 aromatic rings. The molecule has 1 unspecified atom stereocenters. The zero-order valence-electron chi connectivity index (χ0n) is 11.0. The first-order chi connectivity index (χ1) is 8.47. The van der Waals surface area contributed by atoms with Crippen LogP contribution in [0.25, 0.3) is 0 Å². The largest absolute Gasteiger partial charge is 0.491 e. The van der Waals surface area contributed by atoms with Gasteiger partial charge in [-0.2, -0.15) is 0 Å². The molecule has 98 valence electrons. The fourth-order valence-corrected chi connectivity index (χ4v) is 1.45. The van der Waals surface area contributed by atoms with Gasteiger partial charge in [0, 0.05) is 0 Å². The summed E-state index contributed by atoms with van der Waals surface area (Å²) in [6.07, 6.45) is -0.0745. The predicted molar refractivity (Wildman–Crippen MR) is 69.6 cm³/mol. The number of hydrogen-bond donors (Lipinski definition) is 1. The Labute approximate surface area is 107 Å². The van der Waals surface area contributed by atoms with E-state index in [1.165, 1.54) is 12.5 Å². The highest BCUT2D eigenvalue weighted by atomic mass is 16.5. The van der Waals surface area contributed by atoms with E-state index in [1.807, 2.05) is 38.1 Å². The molecule has 18 heavy (non-hydrogen) atoms. The molecule has 0 radical (unpaired) electrons. The van der Waals surface area contributed by atoms with Crippen molar-refractivity contribution in [3.05, 3.63) is 29.8 Å². The average Bonchev–Trinajstić information content (AvgIpc) is 2.27. The fourth-order valence-electron chi connectivity index (χ4n) is 1.45. The van der Waals surface area contributed by atoms with Crippen LogP contribution >= 0.6 is 0 Å². The maximum absolute atomic E-state index is 11.3. The molecule has 0 saturated heterocycles. The highest BCUT2D eigenvalue weighted by molar-refractivity contribution is 5.96. The van der Waals surface area contributed by atoms with Crippen molar-refractivity contribution in [3.8, 4) is 5.75 Å².